The third kappa shape index (κ3) is 2.27. The maximum atomic E-state index is 10.1. The summed E-state index contributed by atoms with van der Waals surface area (Å²) in [5.74, 6) is 0.535. The molecular formula is C13H10ClNO2S. The number of halogens is 1. The van der Waals surface area contributed by atoms with E-state index in [1.54, 1.807) is 6.07 Å². The molecule has 0 radical (unpaired) electrons. The van der Waals surface area contributed by atoms with Crippen LogP contribution in [0.4, 0.5) is 0 Å². The Bertz CT molecular complexity index is 643. The minimum Gasteiger partial charge on any atom is -0.441 e. The average molecular weight is 280 g/mol. The summed E-state index contributed by atoms with van der Waals surface area (Å²) in [4.78, 5) is 5.15. The molecule has 3 rings (SSSR count). The number of hydrogen-bond acceptors (Lipinski definition) is 4. The van der Waals surface area contributed by atoms with Crippen molar-refractivity contribution in [2.75, 3.05) is 0 Å². The molecule has 1 atom stereocenters. The average Bonchev–Trinajstić information content (AvgIpc) is 2.94. The minimum absolute atomic E-state index is 0.353. The largest absolute Gasteiger partial charge is 0.441 e. The van der Waals surface area contributed by atoms with Gasteiger partial charge in [-0.2, -0.15) is 0 Å². The Morgan fingerprint density at radius 2 is 2.11 bits per heavy atom. The highest BCUT2D eigenvalue weighted by Crippen LogP contribution is 2.29. The zero-order valence-corrected chi connectivity index (χ0v) is 10.9. The predicted molar refractivity (Wildman–Crippen MR) is 72.0 cm³/mol. The molecule has 0 saturated heterocycles. The fraction of sp³-hybridized carbons (Fsp3) is 0.154. The van der Waals surface area contributed by atoms with E-state index < -0.39 is 6.10 Å². The van der Waals surface area contributed by atoms with E-state index >= 15 is 0 Å². The van der Waals surface area contributed by atoms with Crippen LogP contribution in [0.1, 0.15) is 16.9 Å². The fourth-order valence-corrected chi connectivity index (χ4v) is 2.83. The third-order valence-corrected chi connectivity index (χ3v) is 3.96. The van der Waals surface area contributed by atoms with Gasteiger partial charge in [0, 0.05) is 4.88 Å². The summed E-state index contributed by atoms with van der Waals surface area (Å²) in [7, 11) is 0. The van der Waals surface area contributed by atoms with Gasteiger partial charge in [-0.05, 0) is 24.3 Å². The molecule has 3 nitrogen and oxygen atoms in total. The molecule has 18 heavy (non-hydrogen) atoms. The Hall–Kier alpha value is -1.36. The van der Waals surface area contributed by atoms with Gasteiger partial charge in [-0.15, -0.1) is 11.3 Å². The Labute approximate surface area is 113 Å². The van der Waals surface area contributed by atoms with Gasteiger partial charge in [0.15, 0.2) is 11.5 Å². The van der Waals surface area contributed by atoms with Crippen LogP contribution in [0, 0.1) is 0 Å². The predicted octanol–water partition coefficient (Wildman–Crippen LogP) is 3.82. The van der Waals surface area contributed by atoms with Crippen LogP contribution in [0.15, 0.2) is 40.8 Å². The number of aromatic nitrogens is 1. The first-order valence-electron chi connectivity index (χ1n) is 5.50. The van der Waals surface area contributed by atoms with Gasteiger partial charge < -0.3 is 9.52 Å². The second kappa shape index (κ2) is 4.72. The molecule has 1 N–H and O–H groups in total. The summed E-state index contributed by atoms with van der Waals surface area (Å²) in [5.41, 5.74) is 1.55. The minimum atomic E-state index is -0.629. The molecule has 0 amide bonds. The highest BCUT2D eigenvalue weighted by Gasteiger charge is 2.15. The summed E-state index contributed by atoms with van der Waals surface area (Å²) in [6.45, 7) is 0. The van der Waals surface area contributed by atoms with Gasteiger partial charge in [-0.25, -0.2) is 4.98 Å². The first-order valence-corrected chi connectivity index (χ1v) is 6.69. The molecule has 5 heteroatoms. The molecule has 2 heterocycles. The maximum Gasteiger partial charge on any atom is 0.198 e. The number of benzene rings is 1. The van der Waals surface area contributed by atoms with Crippen LogP contribution in [0.25, 0.3) is 11.1 Å². The van der Waals surface area contributed by atoms with Crippen molar-refractivity contribution in [1.82, 2.24) is 4.98 Å². The zero-order chi connectivity index (χ0) is 12.5. The molecule has 0 aliphatic carbocycles. The van der Waals surface area contributed by atoms with Crippen LogP contribution in [-0.4, -0.2) is 10.1 Å². The SMILES string of the molecule is OC(Cc1nc2ccccc2o1)c1ccc(Cl)s1. The smallest absolute Gasteiger partial charge is 0.198 e. The molecular weight excluding hydrogens is 270 g/mol. The first kappa shape index (κ1) is 11.7. The summed E-state index contributed by atoms with van der Waals surface area (Å²) in [5, 5.41) is 10.1. The Balaban J connectivity index is 1.83. The highest BCUT2D eigenvalue weighted by molar-refractivity contribution is 7.16. The Kier molecular flexibility index (Phi) is 3.07. The molecule has 0 aliphatic rings. The quantitative estimate of drug-likeness (QED) is 0.793. The van der Waals surface area contributed by atoms with Gasteiger partial charge in [0.2, 0.25) is 0 Å². The van der Waals surface area contributed by atoms with Crippen molar-refractivity contribution in [2.24, 2.45) is 0 Å². The molecule has 0 bridgehead atoms. The standard InChI is InChI=1S/C13H10ClNO2S/c14-12-6-5-11(18-12)9(16)7-13-15-8-3-1-2-4-10(8)17-13/h1-6,9,16H,7H2. The number of rotatable bonds is 3. The number of oxazole rings is 1. The van der Waals surface area contributed by atoms with Crippen molar-refractivity contribution in [2.45, 2.75) is 12.5 Å². The highest BCUT2D eigenvalue weighted by atomic mass is 35.5. The van der Waals surface area contributed by atoms with E-state index in [0.717, 1.165) is 16.0 Å². The molecule has 2 aromatic heterocycles. The number of aliphatic hydroxyl groups excluding tert-OH is 1. The molecule has 92 valence electrons. The molecule has 0 fully saturated rings. The maximum absolute atomic E-state index is 10.1. The Morgan fingerprint density at radius 1 is 1.28 bits per heavy atom. The first-order chi connectivity index (χ1) is 8.72. The fourth-order valence-electron chi connectivity index (χ4n) is 1.78. The van der Waals surface area contributed by atoms with Crippen LogP contribution in [0.2, 0.25) is 4.34 Å². The monoisotopic (exact) mass is 279 g/mol. The topological polar surface area (TPSA) is 46.3 Å². The van der Waals surface area contributed by atoms with E-state index in [0.29, 0.717) is 16.6 Å². The van der Waals surface area contributed by atoms with Crippen LogP contribution < -0.4 is 0 Å². The third-order valence-electron chi connectivity index (χ3n) is 2.63. The summed E-state index contributed by atoms with van der Waals surface area (Å²) in [6.07, 6.45) is -0.276. The van der Waals surface area contributed by atoms with Crippen molar-refractivity contribution in [3.63, 3.8) is 0 Å². The molecule has 3 aromatic rings. The number of thiophene rings is 1. The van der Waals surface area contributed by atoms with Crippen LogP contribution in [-0.2, 0) is 6.42 Å². The summed E-state index contributed by atoms with van der Waals surface area (Å²) in [6, 6.07) is 11.1. The number of hydrogen-bond donors (Lipinski definition) is 1. The second-order valence-electron chi connectivity index (χ2n) is 3.94. The number of para-hydroxylation sites is 2. The van der Waals surface area contributed by atoms with E-state index in [1.807, 2.05) is 30.3 Å². The van der Waals surface area contributed by atoms with Crippen LogP contribution in [0.3, 0.4) is 0 Å². The molecule has 1 aromatic carbocycles. The lowest BCUT2D eigenvalue weighted by atomic mass is 10.2. The summed E-state index contributed by atoms with van der Waals surface area (Å²) < 4.78 is 6.24. The van der Waals surface area contributed by atoms with E-state index in [-0.39, 0.29) is 0 Å². The van der Waals surface area contributed by atoms with Crippen LogP contribution >= 0.6 is 22.9 Å². The van der Waals surface area contributed by atoms with Crippen molar-refractivity contribution in [3.05, 3.63) is 51.5 Å². The van der Waals surface area contributed by atoms with Crippen molar-refractivity contribution >= 4 is 34.0 Å². The van der Waals surface area contributed by atoms with Gasteiger partial charge in [0.25, 0.3) is 0 Å². The number of nitrogens with zero attached hydrogens (tertiary/aromatic N) is 1. The van der Waals surface area contributed by atoms with E-state index in [1.165, 1.54) is 11.3 Å². The van der Waals surface area contributed by atoms with Gasteiger partial charge in [-0.1, -0.05) is 23.7 Å². The number of fused-ring (bicyclic) bond motifs is 1. The molecule has 0 saturated carbocycles. The van der Waals surface area contributed by atoms with Gasteiger partial charge >= 0.3 is 0 Å². The number of aliphatic hydroxyl groups is 1. The Morgan fingerprint density at radius 3 is 2.83 bits per heavy atom. The second-order valence-corrected chi connectivity index (χ2v) is 5.68. The zero-order valence-electron chi connectivity index (χ0n) is 9.34. The van der Waals surface area contributed by atoms with Gasteiger partial charge in [-0.3, -0.25) is 0 Å². The van der Waals surface area contributed by atoms with Gasteiger partial charge in [0.1, 0.15) is 5.52 Å². The molecule has 1 unspecified atom stereocenters. The van der Waals surface area contributed by atoms with Crippen molar-refractivity contribution in [1.29, 1.82) is 0 Å². The van der Waals surface area contributed by atoms with Gasteiger partial charge in [0.05, 0.1) is 16.9 Å². The van der Waals surface area contributed by atoms with Crippen molar-refractivity contribution in [3.8, 4) is 0 Å². The van der Waals surface area contributed by atoms with E-state index in [2.05, 4.69) is 4.98 Å². The lowest BCUT2D eigenvalue weighted by molar-refractivity contribution is 0.173. The lowest BCUT2D eigenvalue weighted by Crippen LogP contribution is -1.99. The molecule has 0 spiro atoms. The van der Waals surface area contributed by atoms with Crippen molar-refractivity contribution < 1.29 is 9.52 Å². The lowest BCUT2D eigenvalue weighted by Gasteiger charge is -2.04. The summed E-state index contributed by atoms with van der Waals surface area (Å²) >= 11 is 7.21. The molecule has 0 aliphatic heterocycles. The van der Waals surface area contributed by atoms with E-state index in [9.17, 15) is 5.11 Å². The van der Waals surface area contributed by atoms with E-state index in [4.69, 9.17) is 16.0 Å². The normalized spacial score (nSPS) is 13.0. The van der Waals surface area contributed by atoms with Crippen LogP contribution in [0.5, 0.6) is 0 Å².